The third-order valence-electron chi connectivity index (χ3n) is 5.84. The number of hydrogen-bond acceptors (Lipinski definition) is 3. The lowest BCUT2D eigenvalue weighted by atomic mass is 9.75. The second-order valence-electron chi connectivity index (χ2n) is 8.44. The Bertz CT molecular complexity index is 899. The first-order valence-corrected chi connectivity index (χ1v) is 9.63. The lowest BCUT2D eigenvalue weighted by Crippen LogP contribution is -2.35. The van der Waals surface area contributed by atoms with Gasteiger partial charge in [-0.1, -0.05) is 19.9 Å². The molecule has 1 saturated carbocycles. The van der Waals surface area contributed by atoms with Gasteiger partial charge in [0.05, 0.1) is 23.1 Å². The molecule has 0 radical (unpaired) electrons. The van der Waals surface area contributed by atoms with E-state index in [9.17, 15) is 0 Å². The van der Waals surface area contributed by atoms with Crippen molar-refractivity contribution < 1.29 is 0 Å². The molecule has 0 atom stereocenters. The SMILES string of the molecule is Cc1cc(-c2ccc3[nH]cnc3c2)cnc1CNC1CCC(C)(C)CC1. The second-order valence-corrected chi connectivity index (χ2v) is 8.44. The highest BCUT2D eigenvalue weighted by Crippen LogP contribution is 2.35. The van der Waals surface area contributed by atoms with Gasteiger partial charge in [0.1, 0.15) is 0 Å². The van der Waals surface area contributed by atoms with Crippen molar-refractivity contribution in [3.8, 4) is 11.1 Å². The number of rotatable bonds is 4. The molecule has 4 rings (SSSR count). The summed E-state index contributed by atoms with van der Waals surface area (Å²) in [6, 6.07) is 9.18. The van der Waals surface area contributed by atoms with Crippen LogP contribution in [0.4, 0.5) is 0 Å². The Hall–Kier alpha value is -2.20. The van der Waals surface area contributed by atoms with Crippen molar-refractivity contribution in [2.45, 2.75) is 59.0 Å². The molecule has 2 heterocycles. The fourth-order valence-corrected chi connectivity index (χ4v) is 3.90. The van der Waals surface area contributed by atoms with E-state index in [1.54, 1.807) is 6.33 Å². The van der Waals surface area contributed by atoms with Gasteiger partial charge in [-0.2, -0.15) is 0 Å². The second kappa shape index (κ2) is 6.84. The molecule has 1 fully saturated rings. The number of imidazole rings is 1. The third kappa shape index (κ3) is 3.65. The lowest BCUT2D eigenvalue weighted by molar-refractivity contribution is 0.205. The fourth-order valence-electron chi connectivity index (χ4n) is 3.90. The standard InChI is InChI=1S/C22H28N4/c1-15-10-17(16-4-5-19-20(11-16)26-14-25-19)12-24-21(15)13-23-18-6-8-22(2,3)9-7-18/h4-5,10-12,14,18,23H,6-9,13H2,1-3H3,(H,25,26). The van der Waals surface area contributed by atoms with Gasteiger partial charge in [-0.3, -0.25) is 4.98 Å². The van der Waals surface area contributed by atoms with E-state index in [1.165, 1.54) is 31.2 Å². The number of hydrogen-bond donors (Lipinski definition) is 2. The normalized spacial score (nSPS) is 17.7. The maximum absolute atomic E-state index is 4.74. The third-order valence-corrected chi connectivity index (χ3v) is 5.84. The average Bonchev–Trinajstić information content (AvgIpc) is 3.09. The number of benzene rings is 1. The van der Waals surface area contributed by atoms with Gasteiger partial charge in [-0.25, -0.2) is 4.98 Å². The van der Waals surface area contributed by atoms with Gasteiger partial charge in [-0.05, 0) is 67.3 Å². The molecule has 0 saturated heterocycles. The zero-order chi connectivity index (χ0) is 18.1. The first-order chi connectivity index (χ1) is 12.5. The first-order valence-electron chi connectivity index (χ1n) is 9.63. The monoisotopic (exact) mass is 348 g/mol. The van der Waals surface area contributed by atoms with Crippen LogP contribution in [0.2, 0.25) is 0 Å². The summed E-state index contributed by atoms with van der Waals surface area (Å²) in [5.74, 6) is 0. The van der Waals surface area contributed by atoms with Gasteiger partial charge < -0.3 is 10.3 Å². The van der Waals surface area contributed by atoms with Crippen LogP contribution in [-0.2, 0) is 6.54 Å². The predicted octanol–water partition coefficient (Wildman–Crippen LogP) is 4.99. The number of fused-ring (bicyclic) bond motifs is 1. The number of aromatic amines is 1. The molecule has 1 aliphatic rings. The van der Waals surface area contributed by atoms with Gasteiger partial charge in [0.2, 0.25) is 0 Å². The maximum atomic E-state index is 4.74. The summed E-state index contributed by atoms with van der Waals surface area (Å²) < 4.78 is 0. The van der Waals surface area contributed by atoms with Crippen LogP contribution in [0.15, 0.2) is 36.8 Å². The Kier molecular flexibility index (Phi) is 4.53. The number of aromatic nitrogens is 3. The van der Waals surface area contributed by atoms with Crippen molar-refractivity contribution in [1.82, 2.24) is 20.3 Å². The molecule has 2 N–H and O–H groups in total. The minimum Gasteiger partial charge on any atom is -0.345 e. The van der Waals surface area contributed by atoms with Gasteiger partial charge >= 0.3 is 0 Å². The molecule has 1 aromatic carbocycles. The molecule has 0 spiro atoms. The summed E-state index contributed by atoms with van der Waals surface area (Å²) in [6.07, 6.45) is 8.89. The minimum atomic E-state index is 0.517. The molecule has 0 unspecified atom stereocenters. The molecule has 3 aromatic rings. The minimum absolute atomic E-state index is 0.517. The Labute approximate surface area is 155 Å². The van der Waals surface area contributed by atoms with Crippen LogP contribution in [-0.4, -0.2) is 21.0 Å². The van der Waals surface area contributed by atoms with E-state index < -0.39 is 0 Å². The van der Waals surface area contributed by atoms with Crippen molar-refractivity contribution >= 4 is 11.0 Å². The zero-order valence-corrected chi connectivity index (χ0v) is 16.0. The topological polar surface area (TPSA) is 53.6 Å². The lowest BCUT2D eigenvalue weighted by Gasteiger charge is -2.34. The number of nitrogens with zero attached hydrogens (tertiary/aromatic N) is 2. The van der Waals surface area contributed by atoms with E-state index >= 15 is 0 Å². The molecule has 0 amide bonds. The van der Waals surface area contributed by atoms with Crippen molar-refractivity contribution in [2.75, 3.05) is 0 Å². The molecule has 136 valence electrons. The van der Waals surface area contributed by atoms with Gasteiger partial charge in [0.15, 0.2) is 0 Å². The van der Waals surface area contributed by atoms with Crippen LogP contribution in [0, 0.1) is 12.3 Å². The molecular weight excluding hydrogens is 320 g/mol. The van der Waals surface area contributed by atoms with Crippen LogP contribution in [0.1, 0.15) is 50.8 Å². The molecule has 4 heteroatoms. The van der Waals surface area contributed by atoms with Gasteiger partial charge in [-0.15, -0.1) is 0 Å². The average molecular weight is 348 g/mol. The molecule has 4 nitrogen and oxygen atoms in total. The molecule has 0 aliphatic heterocycles. The van der Waals surface area contributed by atoms with Crippen LogP contribution in [0.25, 0.3) is 22.2 Å². The highest BCUT2D eigenvalue weighted by atomic mass is 14.9. The number of pyridine rings is 1. The van der Waals surface area contributed by atoms with E-state index in [2.05, 4.69) is 60.3 Å². The van der Waals surface area contributed by atoms with Crippen LogP contribution >= 0.6 is 0 Å². The highest BCUT2D eigenvalue weighted by Gasteiger charge is 2.26. The van der Waals surface area contributed by atoms with E-state index in [0.29, 0.717) is 11.5 Å². The molecular formula is C22H28N4. The molecule has 26 heavy (non-hydrogen) atoms. The maximum Gasteiger partial charge on any atom is 0.0931 e. The van der Waals surface area contributed by atoms with Crippen molar-refractivity contribution in [3.63, 3.8) is 0 Å². The summed E-state index contributed by atoms with van der Waals surface area (Å²) in [7, 11) is 0. The summed E-state index contributed by atoms with van der Waals surface area (Å²) >= 11 is 0. The Morgan fingerprint density at radius 1 is 1.12 bits per heavy atom. The Morgan fingerprint density at radius 2 is 1.92 bits per heavy atom. The van der Waals surface area contributed by atoms with E-state index in [0.717, 1.165) is 34.4 Å². The van der Waals surface area contributed by atoms with Crippen LogP contribution < -0.4 is 5.32 Å². The van der Waals surface area contributed by atoms with E-state index in [4.69, 9.17) is 4.98 Å². The van der Waals surface area contributed by atoms with Crippen LogP contribution in [0.5, 0.6) is 0 Å². The quantitative estimate of drug-likeness (QED) is 0.698. The smallest absolute Gasteiger partial charge is 0.0931 e. The summed E-state index contributed by atoms with van der Waals surface area (Å²) in [5.41, 5.74) is 7.28. The predicted molar refractivity (Wildman–Crippen MR) is 107 cm³/mol. The Morgan fingerprint density at radius 3 is 2.69 bits per heavy atom. The highest BCUT2D eigenvalue weighted by molar-refractivity contribution is 5.81. The van der Waals surface area contributed by atoms with E-state index in [-0.39, 0.29) is 0 Å². The number of nitrogens with one attached hydrogen (secondary N) is 2. The summed E-state index contributed by atoms with van der Waals surface area (Å²) in [5, 5.41) is 3.72. The number of H-pyrrole nitrogens is 1. The Balaban J connectivity index is 1.44. The first kappa shape index (κ1) is 17.2. The van der Waals surface area contributed by atoms with E-state index in [1.807, 2.05) is 6.20 Å². The molecule has 1 aliphatic carbocycles. The number of aryl methyl sites for hydroxylation is 1. The largest absolute Gasteiger partial charge is 0.345 e. The summed E-state index contributed by atoms with van der Waals surface area (Å²) in [4.78, 5) is 12.2. The van der Waals surface area contributed by atoms with Crippen LogP contribution in [0.3, 0.4) is 0 Å². The zero-order valence-electron chi connectivity index (χ0n) is 16.0. The fraction of sp³-hybridized carbons (Fsp3) is 0.455. The molecule has 2 aromatic heterocycles. The molecule has 0 bridgehead atoms. The van der Waals surface area contributed by atoms with Crippen molar-refractivity contribution in [3.05, 3.63) is 48.0 Å². The van der Waals surface area contributed by atoms with Gasteiger partial charge in [0.25, 0.3) is 0 Å². The van der Waals surface area contributed by atoms with Crippen molar-refractivity contribution in [2.24, 2.45) is 5.41 Å². The summed E-state index contributed by atoms with van der Waals surface area (Å²) in [6.45, 7) is 7.78. The van der Waals surface area contributed by atoms with Gasteiger partial charge in [0, 0.05) is 24.3 Å². The van der Waals surface area contributed by atoms with Crippen molar-refractivity contribution in [1.29, 1.82) is 0 Å².